The molecule has 0 radical (unpaired) electrons. The number of benzene rings is 1. The zero-order chi connectivity index (χ0) is 12.8. The first-order chi connectivity index (χ1) is 8.79. The van der Waals surface area contributed by atoms with Crippen molar-refractivity contribution in [3.63, 3.8) is 0 Å². The molecule has 0 aliphatic carbocycles. The smallest absolute Gasteiger partial charge is 0.213 e. The number of hydrogen-bond donors (Lipinski definition) is 2. The number of hydrogen-bond acceptors (Lipinski definition) is 4. The lowest BCUT2D eigenvalue weighted by atomic mass is 10.2. The molecule has 1 aromatic carbocycles. The van der Waals surface area contributed by atoms with Crippen molar-refractivity contribution in [3.05, 3.63) is 48.2 Å². The summed E-state index contributed by atoms with van der Waals surface area (Å²) in [4.78, 5) is 4.19. The number of nitrogen functional groups attached to an aromatic ring is 1. The van der Waals surface area contributed by atoms with Crippen LogP contribution in [0.15, 0.2) is 42.6 Å². The fraction of sp³-hybridized carbons (Fsp3) is 0.214. The Morgan fingerprint density at radius 3 is 2.72 bits per heavy atom. The van der Waals surface area contributed by atoms with Gasteiger partial charge in [0.2, 0.25) is 5.88 Å². The number of aromatic nitrogens is 1. The third-order valence-electron chi connectivity index (χ3n) is 2.57. The van der Waals surface area contributed by atoms with Crippen LogP contribution in [0.4, 0.5) is 11.4 Å². The van der Waals surface area contributed by atoms with Crippen LogP contribution in [0, 0.1) is 0 Å². The molecule has 2 rings (SSSR count). The van der Waals surface area contributed by atoms with Crippen LogP contribution >= 0.6 is 0 Å². The second-order valence-electron chi connectivity index (χ2n) is 3.87. The Morgan fingerprint density at radius 1 is 1.22 bits per heavy atom. The van der Waals surface area contributed by atoms with Crippen LogP contribution < -0.4 is 15.8 Å². The molecule has 0 unspecified atom stereocenters. The van der Waals surface area contributed by atoms with Crippen molar-refractivity contribution in [1.29, 1.82) is 0 Å². The molecule has 0 spiro atoms. The van der Waals surface area contributed by atoms with Crippen molar-refractivity contribution in [1.82, 2.24) is 4.98 Å². The van der Waals surface area contributed by atoms with Crippen molar-refractivity contribution in [3.8, 4) is 5.88 Å². The van der Waals surface area contributed by atoms with E-state index in [1.165, 1.54) is 0 Å². The molecule has 4 nitrogen and oxygen atoms in total. The highest BCUT2D eigenvalue weighted by Crippen LogP contribution is 2.15. The van der Waals surface area contributed by atoms with Crippen molar-refractivity contribution in [2.45, 2.75) is 13.5 Å². The molecule has 4 heteroatoms. The summed E-state index contributed by atoms with van der Waals surface area (Å²) in [6.07, 6.45) is 1.75. The van der Waals surface area contributed by atoms with E-state index in [-0.39, 0.29) is 0 Å². The summed E-state index contributed by atoms with van der Waals surface area (Å²) in [5.41, 5.74) is 8.69. The lowest BCUT2D eigenvalue weighted by molar-refractivity contribution is 0.327. The minimum atomic E-state index is 0.625. The second kappa shape index (κ2) is 5.91. The Labute approximate surface area is 107 Å². The van der Waals surface area contributed by atoms with Gasteiger partial charge in [0.15, 0.2) is 0 Å². The van der Waals surface area contributed by atoms with Crippen LogP contribution in [0.25, 0.3) is 0 Å². The van der Waals surface area contributed by atoms with E-state index in [4.69, 9.17) is 10.5 Å². The number of nitrogens with zero attached hydrogens (tertiary/aromatic N) is 1. The number of ether oxygens (including phenoxy) is 1. The Bertz CT molecular complexity index is 497. The van der Waals surface area contributed by atoms with Gasteiger partial charge in [-0.3, -0.25) is 0 Å². The molecule has 0 saturated carbocycles. The SMILES string of the molecule is CCOc1ccc(NCc2ccccc2N)cn1. The van der Waals surface area contributed by atoms with Gasteiger partial charge in [0, 0.05) is 18.3 Å². The average Bonchev–Trinajstić information content (AvgIpc) is 2.40. The van der Waals surface area contributed by atoms with E-state index in [1.54, 1.807) is 6.20 Å². The molecule has 1 aromatic heterocycles. The van der Waals surface area contributed by atoms with Gasteiger partial charge in [-0.05, 0) is 24.6 Å². The van der Waals surface area contributed by atoms with E-state index in [0.29, 0.717) is 19.0 Å². The van der Waals surface area contributed by atoms with E-state index in [1.807, 2.05) is 43.3 Å². The Morgan fingerprint density at radius 2 is 2.06 bits per heavy atom. The molecular formula is C14H17N3O. The van der Waals surface area contributed by atoms with Crippen molar-refractivity contribution < 1.29 is 4.74 Å². The topological polar surface area (TPSA) is 60.2 Å². The summed E-state index contributed by atoms with van der Waals surface area (Å²) in [5.74, 6) is 0.641. The predicted octanol–water partition coefficient (Wildman–Crippen LogP) is 2.67. The standard InChI is InChI=1S/C14H17N3O/c1-2-18-14-8-7-12(10-17-14)16-9-11-5-3-4-6-13(11)15/h3-8,10,16H,2,9,15H2,1H3. The van der Waals surface area contributed by atoms with E-state index in [0.717, 1.165) is 16.9 Å². The first kappa shape index (κ1) is 12.2. The molecular weight excluding hydrogens is 226 g/mol. The normalized spacial score (nSPS) is 10.1. The van der Waals surface area contributed by atoms with Gasteiger partial charge in [0.1, 0.15) is 0 Å². The molecule has 0 atom stereocenters. The maximum atomic E-state index is 5.87. The molecule has 0 amide bonds. The molecule has 0 saturated heterocycles. The summed E-state index contributed by atoms with van der Waals surface area (Å²) in [6.45, 7) is 3.24. The highest BCUT2D eigenvalue weighted by Gasteiger charge is 1.99. The molecule has 0 aliphatic rings. The highest BCUT2D eigenvalue weighted by molar-refractivity contribution is 5.49. The maximum Gasteiger partial charge on any atom is 0.213 e. The number of anilines is 2. The number of nitrogens with two attached hydrogens (primary N) is 1. The van der Waals surface area contributed by atoms with E-state index in [9.17, 15) is 0 Å². The van der Waals surface area contributed by atoms with Gasteiger partial charge < -0.3 is 15.8 Å². The predicted molar refractivity (Wildman–Crippen MR) is 73.6 cm³/mol. The molecule has 1 heterocycles. The zero-order valence-corrected chi connectivity index (χ0v) is 10.4. The molecule has 94 valence electrons. The average molecular weight is 243 g/mol. The van der Waals surface area contributed by atoms with Crippen LogP contribution in [0.5, 0.6) is 5.88 Å². The third-order valence-corrected chi connectivity index (χ3v) is 2.57. The van der Waals surface area contributed by atoms with Crippen LogP contribution in [0.3, 0.4) is 0 Å². The van der Waals surface area contributed by atoms with Gasteiger partial charge in [0.05, 0.1) is 18.5 Å². The summed E-state index contributed by atoms with van der Waals surface area (Å²) < 4.78 is 5.28. The second-order valence-corrected chi connectivity index (χ2v) is 3.87. The van der Waals surface area contributed by atoms with Crippen molar-refractivity contribution in [2.75, 3.05) is 17.7 Å². The van der Waals surface area contributed by atoms with Crippen molar-refractivity contribution in [2.24, 2.45) is 0 Å². The monoisotopic (exact) mass is 243 g/mol. The van der Waals surface area contributed by atoms with Crippen LogP contribution in [0.2, 0.25) is 0 Å². The first-order valence-electron chi connectivity index (χ1n) is 5.95. The number of para-hydroxylation sites is 1. The van der Waals surface area contributed by atoms with E-state index < -0.39 is 0 Å². The van der Waals surface area contributed by atoms with Gasteiger partial charge in [-0.25, -0.2) is 4.98 Å². The number of rotatable bonds is 5. The van der Waals surface area contributed by atoms with E-state index in [2.05, 4.69) is 10.3 Å². The zero-order valence-electron chi connectivity index (χ0n) is 10.4. The largest absolute Gasteiger partial charge is 0.478 e. The lowest BCUT2D eigenvalue weighted by Crippen LogP contribution is -2.03. The van der Waals surface area contributed by atoms with Crippen LogP contribution in [0.1, 0.15) is 12.5 Å². The molecule has 18 heavy (non-hydrogen) atoms. The van der Waals surface area contributed by atoms with Gasteiger partial charge in [0.25, 0.3) is 0 Å². The minimum Gasteiger partial charge on any atom is -0.478 e. The van der Waals surface area contributed by atoms with Gasteiger partial charge in [-0.15, -0.1) is 0 Å². The fourth-order valence-electron chi connectivity index (χ4n) is 1.61. The Hall–Kier alpha value is -2.23. The molecule has 2 aromatic rings. The highest BCUT2D eigenvalue weighted by atomic mass is 16.5. The van der Waals surface area contributed by atoms with Gasteiger partial charge in [-0.1, -0.05) is 18.2 Å². The molecule has 0 bridgehead atoms. The quantitative estimate of drug-likeness (QED) is 0.793. The fourth-order valence-corrected chi connectivity index (χ4v) is 1.61. The minimum absolute atomic E-state index is 0.625. The van der Waals surface area contributed by atoms with Crippen LogP contribution in [-0.4, -0.2) is 11.6 Å². The molecule has 0 fully saturated rings. The van der Waals surface area contributed by atoms with E-state index >= 15 is 0 Å². The first-order valence-corrected chi connectivity index (χ1v) is 5.95. The van der Waals surface area contributed by atoms with Gasteiger partial charge in [-0.2, -0.15) is 0 Å². The summed E-state index contributed by atoms with van der Waals surface area (Å²) in [7, 11) is 0. The Balaban J connectivity index is 1.96. The van der Waals surface area contributed by atoms with Gasteiger partial charge >= 0.3 is 0 Å². The number of nitrogens with one attached hydrogen (secondary N) is 1. The summed E-state index contributed by atoms with van der Waals surface area (Å²) in [5, 5.41) is 3.27. The Kier molecular flexibility index (Phi) is 4.02. The van der Waals surface area contributed by atoms with Crippen LogP contribution in [-0.2, 0) is 6.54 Å². The third kappa shape index (κ3) is 3.13. The molecule has 0 aliphatic heterocycles. The summed E-state index contributed by atoms with van der Waals surface area (Å²) >= 11 is 0. The maximum absolute atomic E-state index is 5.87. The number of pyridine rings is 1. The lowest BCUT2D eigenvalue weighted by Gasteiger charge is -2.09. The van der Waals surface area contributed by atoms with Crippen molar-refractivity contribution >= 4 is 11.4 Å². The molecule has 3 N–H and O–H groups in total. The summed E-state index contributed by atoms with van der Waals surface area (Å²) in [6, 6.07) is 11.6.